The number of urea groups is 1. The summed E-state index contributed by atoms with van der Waals surface area (Å²) in [6, 6.07) is 1.41. The van der Waals surface area contributed by atoms with Crippen molar-refractivity contribution in [2.75, 3.05) is 11.5 Å². The van der Waals surface area contributed by atoms with Gasteiger partial charge in [0.2, 0.25) is 0 Å². The molecule has 1 spiro atoms. The minimum atomic E-state index is -0.705. The zero-order valence-corrected chi connectivity index (χ0v) is 13.7. The lowest BCUT2D eigenvalue weighted by atomic mass is 9.99. The van der Waals surface area contributed by atoms with Crippen LogP contribution >= 0.6 is 23.1 Å². The predicted molar refractivity (Wildman–Crippen MR) is 86.9 cm³/mol. The highest BCUT2D eigenvalue weighted by Gasteiger charge is 2.52. The van der Waals surface area contributed by atoms with Crippen molar-refractivity contribution in [3.05, 3.63) is 29.5 Å². The number of hydrogen-bond donors (Lipinski definition) is 1. The van der Waals surface area contributed by atoms with Crippen LogP contribution in [0.3, 0.4) is 0 Å². The molecule has 2 aromatic rings. The van der Waals surface area contributed by atoms with Crippen molar-refractivity contribution in [3.63, 3.8) is 0 Å². The summed E-state index contributed by atoms with van der Waals surface area (Å²) in [6.07, 6.45) is 4.00. The Balaban J connectivity index is 1.54. The van der Waals surface area contributed by atoms with Crippen LogP contribution in [0.15, 0.2) is 23.8 Å². The summed E-state index contributed by atoms with van der Waals surface area (Å²) in [5, 5.41) is 5.37. The van der Waals surface area contributed by atoms with Crippen molar-refractivity contribution in [3.8, 4) is 10.8 Å². The topological polar surface area (TPSA) is 88.1 Å². The highest BCUT2D eigenvalue weighted by Crippen LogP contribution is 2.34. The number of nitrogens with zero attached hydrogens (tertiary/aromatic N) is 4. The molecule has 0 radical (unpaired) electrons. The Morgan fingerprint density at radius 3 is 2.87 bits per heavy atom. The number of imide groups is 1. The minimum Gasteiger partial charge on any atom is -0.322 e. The SMILES string of the molecule is O=C1N[C@@]2(CCSC2)C(=O)N1Cc1csc(-c2ncccn2)n1. The summed E-state index contributed by atoms with van der Waals surface area (Å²) in [5.41, 5.74) is -0.0352. The van der Waals surface area contributed by atoms with Crippen molar-refractivity contribution in [2.24, 2.45) is 0 Å². The number of hydrogen-bond acceptors (Lipinski definition) is 7. The number of nitrogens with one attached hydrogen (secondary N) is 1. The number of amides is 3. The highest BCUT2D eigenvalue weighted by molar-refractivity contribution is 7.99. The van der Waals surface area contributed by atoms with Crippen LogP contribution in [-0.4, -0.2) is 48.8 Å². The zero-order chi connectivity index (χ0) is 15.9. The summed E-state index contributed by atoms with van der Waals surface area (Å²) in [7, 11) is 0. The molecule has 0 aliphatic carbocycles. The van der Waals surface area contributed by atoms with Crippen LogP contribution in [0.4, 0.5) is 4.79 Å². The molecule has 9 heteroatoms. The van der Waals surface area contributed by atoms with E-state index < -0.39 is 5.54 Å². The van der Waals surface area contributed by atoms with Gasteiger partial charge in [0.1, 0.15) is 5.54 Å². The molecule has 0 aromatic carbocycles. The number of carbonyl (C=O) groups excluding carboxylic acids is 2. The van der Waals surface area contributed by atoms with Crippen LogP contribution in [0.2, 0.25) is 0 Å². The molecular formula is C14H13N5O2S2. The molecule has 3 amide bonds. The maximum absolute atomic E-state index is 12.6. The standard InChI is InChI=1S/C14H13N5O2S2/c20-12-14(2-5-22-8-14)18-13(21)19(12)6-9-7-23-11(17-9)10-15-3-1-4-16-10/h1,3-4,7H,2,5-6,8H2,(H,18,21)/t14-/m1/s1. The molecule has 1 N–H and O–H groups in total. The Hall–Kier alpha value is -2.00. The third-order valence-electron chi connectivity index (χ3n) is 3.90. The maximum atomic E-state index is 12.6. The van der Waals surface area contributed by atoms with Gasteiger partial charge in [0.05, 0.1) is 12.2 Å². The van der Waals surface area contributed by atoms with Gasteiger partial charge in [-0.1, -0.05) is 0 Å². The van der Waals surface area contributed by atoms with Gasteiger partial charge in [-0.15, -0.1) is 11.3 Å². The van der Waals surface area contributed by atoms with E-state index in [1.807, 2.05) is 5.38 Å². The Bertz CT molecular complexity index is 758. The van der Waals surface area contributed by atoms with Gasteiger partial charge in [0.25, 0.3) is 5.91 Å². The van der Waals surface area contributed by atoms with Crippen molar-refractivity contribution in [1.29, 1.82) is 0 Å². The molecule has 2 aliphatic heterocycles. The second-order valence-corrected chi connectivity index (χ2v) is 7.39. The van der Waals surface area contributed by atoms with E-state index in [1.165, 1.54) is 16.2 Å². The van der Waals surface area contributed by atoms with Crippen LogP contribution in [0, 0.1) is 0 Å². The number of carbonyl (C=O) groups is 2. The van der Waals surface area contributed by atoms with E-state index in [2.05, 4.69) is 20.3 Å². The quantitative estimate of drug-likeness (QED) is 0.847. The average molecular weight is 347 g/mol. The largest absolute Gasteiger partial charge is 0.325 e. The summed E-state index contributed by atoms with van der Waals surface area (Å²) < 4.78 is 0. The lowest BCUT2D eigenvalue weighted by Crippen LogP contribution is -2.46. The molecular weight excluding hydrogens is 334 g/mol. The number of thiazole rings is 1. The second kappa shape index (κ2) is 5.57. The van der Waals surface area contributed by atoms with Crippen molar-refractivity contribution in [1.82, 2.24) is 25.2 Å². The van der Waals surface area contributed by atoms with Gasteiger partial charge >= 0.3 is 6.03 Å². The molecule has 0 saturated carbocycles. The van der Waals surface area contributed by atoms with Gasteiger partial charge in [0.15, 0.2) is 10.8 Å². The van der Waals surface area contributed by atoms with Crippen molar-refractivity contribution >= 4 is 35.0 Å². The molecule has 23 heavy (non-hydrogen) atoms. The highest BCUT2D eigenvalue weighted by atomic mass is 32.2. The number of aromatic nitrogens is 3. The van der Waals surface area contributed by atoms with E-state index in [1.54, 1.807) is 30.2 Å². The molecule has 7 nitrogen and oxygen atoms in total. The second-order valence-electron chi connectivity index (χ2n) is 5.42. The predicted octanol–water partition coefficient (Wildman–Crippen LogP) is 1.53. The van der Waals surface area contributed by atoms with Crippen LogP contribution < -0.4 is 5.32 Å². The monoisotopic (exact) mass is 347 g/mol. The summed E-state index contributed by atoms with van der Waals surface area (Å²) in [5.74, 6) is 1.95. The number of thioether (sulfide) groups is 1. The smallest absolute Gasteiger partial charge is 0.322 e. The molecule has 1 atom stereocenters. The van der Waals surface area contributed by atoms with Crippen LogP contribution in [0.1, 0.15) is 12.1 Å². The van der Waals surface area contributed by atoms with Crippen LogP contribution in [0.25, 0.3) is 10.8 Å². The summed E-state index contributed by atoms with van der Waals surface area (Å²) >= 11 is 3.10. The van der Waals surface area contributed by atoms with Gasteiger partial charge in [-0.05, 0) is 18.2 Å². The fourth-order valence-corrected chi connectivity index (χ4v) is 4.79. The normalized spacial score (nSPS) is 23.7. The Labute approximate surface area is 140 Å². The first-order chi connectivity index (χ1) is 11.2. The first kappa shape index (κ1) is 14.6. The van der Waals surface area contributed by atoms with E-state index in [0.717, 1.165) is 5.75 Å². The average Bonchev–Trinajstić information content (AvgIpc) is 3.27. The molecule has 0 unspecified atom stereocenters. The van der Waals surface area contributed by atoms with E-state index >= 15 is 0 Å². The zero-order valence-electron chi connectivity index (χ0n) is 12.1. The van der Waals surface area contributed by atoms with Crippen LogP contribution in [0.5, 0.6) is 0 Å². The molecule has 4 rings (SSSR count). The molecule has 2 aromatic heterocycles. The van der Waals surface area contributed by atoms with Gasteiger partial charge < -0.3 is 5.32 Å². The maximum Gasteiger partial charge on any atom is 0.325 e. The molecule has 118 valence electrons. The van der Waals surface area contributed by atoms with Gasteiger partial charge in [-0.2, -0.15) is 11.8 Å². The number of rotatable bonds is 3. The Kier molecular flexibility index (Phi) is 3.53. The van der Waals surface area contributed by atoms with Crippen LogP contribution in [-0.2, 0) is 11.3 Å². The fraction of sp³-hybridized carbons (Fsp3) is 0.357. The van der Waals surface area contributed by atoms with Crippen molar-refractivity contribution < 1.29 is 9.59 Å². The third-order valence-corrected chi connectivity index (χ3v) is 5.97. The van der Waals surface area contributed by atoms with E-state index in [-0.39, 0.29) is 18.5 Å². The lowest BCUT2D eigenvalue weighted by molar-refractivity contribution is -0.130. The summed E-state index contributed by atoms with van der Waals surface area (Å²) in [4.78, 5) is 38.8. The molecule has 0 bridgehead atoms. The Morgan fingerprint density at radius 1 is 1.30 bits per heavy atom. The van der Waals surface area contributed by atoms with Crippen molar-refractivity contribution in [2.45, 2.75) is 18.5 Å². The lowest BCUT2D eigenvalue weighted by Gasteiger charge is -2.18. The minimum absolute atomic E-state index is 0.141. The molecule has 2 aliphatic rings. The van der Waals surface area contributed by atoms with Gasteiger partial charge in [0, 0.05) is 23.5 Å². The first-order valence-corrected chi connectivity index (χ1v) is 9.15. The molecule has 2 saturated heterocycles. The molecule has 4 heterocycles. The van der Waals surface area contributed by atoms with E-state index in [4.69, 9.17) is 0 Å². The van der Waals surface area contributed by atoms with E-state index in [9.17, 15) is 9.59 Å². The third kappa shape index (κ3) is 2.49. The van der Waals surface area contributed by atoms with Gasteiger partial charge in [-0.3, -0.25) is 9.69 Å². The van der Waals surface area contributed by atoms with E-state index in [0.29, 0.717) is 28.7 Å². The summed E-state index contributed by atoms with van der Waals surface area (Å²) in [6.45, 7) is 0.181. The fourth-order valence-electron chi connectivity index (χ4n) is 2.71. The molecule has 2 fully saturated rings. The van der Waals surface area contributed by atoms with Gasteiger partial charge in [-0.25, -0.2) is 19.7 Å². The first-order valence-electron chi connectivity index (χ1n) is 7.12. The Morgan fingerprint density at radius 2 is 2.13 bits per heavy atom.